The van der Waals surface area contributed by atoms with E-state index in [4.69, 9.17) is 23.2 Å². The number of hydrogen-bond acceptors (Lipinski definition) is 2. The fraction of sp³-hybridized carbons (Fsp3) is 0.412. The lowest BCUT2D eigenvalue weighted by atomic mass is 10.1. The maximum Gasteiger partial charge on any atom is 0.248 e. The molecule has 0 unspecified atom stereocenters. The van der Waals surface area contributed by atoms with Crippen molar-refractivity contribution < 1.29 is 9.59 Å². The van der Waals surface area contributed by atoms with E-state index in [1.54, 1.807) is 29.3 Å². The third kappa shape index (κ3) is 4.27. The molecule has 1 aliphatic heterocycles. The van der Waals surface area contributed by atoms with E-state index in [9.17, 15) is 9.59 Å². The van der Waals surface area contributed by atoms with Gasteiger partial charge < -0.3 is 10.2 Å². The normalized spacial score (nSPS) is 17.9. The number of benzene rings is 1. The molecule has 2 amide bonds. The molecule has 2 aliphatic rings. The van der Waals surface area contributed by atoms with Crippen molar-refractivity contribution in [3.05, 3.63) is 45.6 Å². The van der Waals surface area contributed by atoms with Crippen molar-refractivity contribution in [3.8, 4) is 0 Å². The predicted octanol–water partition coefficient (Wildman–Crippen LogP) is 3.53. The summed E-state index contributed by atoms with van der Waals surface area (Å²) in [6.45, 7) is 1.07. The minimum atomic E-state index is -0.149. The second-order valence-electron chi connectivity index (χ2n) is 6.06. The first-order valence-corrected chi connectivity index (χ1v) is 8.51. The van der Waals surface area contributed by atoms with Crippen LogP contribution in [0.25, 0.3) is 0 Å². The number of nitrogens with zero attached hydrogens (tertiary/aromatic N) is 1. The average molecular weight is 353 g/mol. The van der Waals surface area contributed by atoms with E-state index in [0.717, 1.165) is 12.1 Å². The van der Waals surface area contributed by atoms with Crippen LogP contribution in [0, 0.1) is 5.92 Å². The van der Waals surface area contributed by atoms with Crippen LogP contribution in [0.2, 0.25) is 10.0 Å². The van der Waals surface area contributed by atoms with Crippen LogP contribution in [0.5, 0.6) is 0 Å². The molecule has 1 N–H and O–H groups in total. The number of carbonyl (C=O) groups excluding carboxylic acids is 2. The van der Waals surface area contributed by atoms with Gasteiger partial charge in [0.15, 0.2) is 0 Å². The predicted molar refractivity (Wildman–Crippen MR) is 90.1 cm³/mol. The Morgan fingerprint density at radius 2 is 2.04 bits per heavy atom. The van der Waals surface area contributed by atoms with Crippen LogP contribution in [0.15, 0.2) is 30.0 Å². The minimum absolute atomic E-state index is 0.106. The molecule has 3 rings (SSSR count). The highest BCUT2D eigenvalue weighted by atomic mass is 35.5. The van der Waals surface area contributed by atoms with E-state index >= 15 is 0 Å². The van der Waals surface area contributed by atoms with Crippen molar-refractivity contribution in [3.63, 3.8) is 0 Å². The maximum absolute atomic E-state index is 12.3. The Balaban J connectivity index is 1.61. The summed E-state index contributed by atoms with van der Waals surface area (Å²) in [7, 11) is 0. The monoisotopic (exact) mass is 352 g/mol. The van der Waals surface area contributed by atoms with Gasteiger partial charge in [-0.1, -0.05) is 29.3 Å². The third-order valence-corrected chi connectivity index (χ3v) is 4.73. The van der Waals surface area contributed by atoms with Crippen LogP contribution in [-0.4, -0.2) is 23.3 Å². The molecule has 6 heteroatoms. The molecule has 0 saturated heterocycles. The van der Waals surface area contributed by atoms with Gasteiger partial charge in [0, 0.05) is 41.3 Å². The van der Waals surface area contributed by atoms with Gasteiger partial charge in [0.25, 0.3) is 0 Å². The molecule has 4 nitrogen and oxygen atoms in total. The number of rotatable bonds is 5. The van der Waals surface area contributed by atoms with Gasteiger partial charge in [-0.2, -0.15) is 0 Å². The number of amides is 2. The first kappa shape index (κ1) is 16.3. The lowest BCUT2D eigenvalue weighted by Crippen LogP contribution is -2.35. The Morgan fingerprint density at radius 1 is 1.26 bits per heavy atom. The first-order valence-electron chi connectivity index (χ1n) is 7.75. The molecule has 1 saturated carbocycles. The van der Waals surface area contributed by atoms with Crippen LogP contribution >= 0.6 is 23.2 Å². The molecule has 23 heavy (non-hydrogen) atoms. The number of hydrogen-bond donors (Lipinski definition) is 1. The van der Waals surface area contributed by atoms with Gasteiger partial charge in [-0.05, 0) is 42.9 Å². The standard InChI is InChI=1S/C17H18Cl2N2O2/c18-14-5-3-12(15(19)7-14)8-20-17(23)13-4-6-16(22)21(10-13)9-11-1-2-11/h3,5,7,10-11H,1-2,4,6,8-9H2,(H,20,23). The molecule has 0 aromatic heterocycles. The average Bonchev–Trinajstić information content (AvgIpc) is 3.32. The molecule has 1 aliphatic carbocycles. The number of halogens is 2. The highest BCUT2D eigenvalue weighted by Crippen LogP contribution is 2.31. The molecular weight excluding hydrogens is 335 g/mol. The molecule has 1 fully saturated rings. The maximum atomic E-state index is 12.3. The summed E-state index contributed by atoms with van der Waals surface area (Å²) in [4.78, 5) is 25.9. The topological polar surface area (TPSA) is 49.4 Å². The smallest absolute Gasteiger partial charge is 0.248 e. The second kappa shape index (κ2) is 6.93. The summed E-state index contributed by atoms with van der Waals surface area (Å²) < 4.78 is 0. The minimum Gasteiger partial charge on any atom is -0.348 e. The fourth-order valence-corrected chi connectivity index (χ4v) is 3.04. The van der Waals surface area contributed by atoms with Crippen molar-refractivity contribution in [1.82, 2.24) is 10.2 Å². The van der Waals surface area contributed by atoms with Crippen LogP contribution in [0.1, 0.15) is 31.2 Å². The van der Waals surface area contributed by atoms with Gasteiger partial charge in [-0.25, -0.2) is 0 Å². The van der Waals surface area contributed by atoms with Gasteiger partial charge in [-0.3, -0.25) is 9.59 Å². The van der Waals surface area contributed by atoms with E-state index in [1.165, 1.54) is 12.8 Å². The summed E-state index contributed by atoms with van der Waals surface area (Å²) in [5.41, 5.74) is 1.46. The van der Waals surface area contributed by atoms with E-state index in [-0.39, 0.29) is 11.8 Å². The Morgan fingerprint density at radius 3 is 2.74 bits per heavy atom. The van der Waals surface area contributed by atoms with Crippen LogP contribution in [-0.2, 0) is 16.1 Å². The summed E-state index contributed by atoms with van der Waals surface area (Å²) in [5, 5.41) is 3.95. The molecule has 0 radical (unpaired) electrons. The molecule has 1 heterocycles. The van der Waals surface area contributed by atoms with Crippen molar-refractivity contribution >= 4 is 35.0 Å². The second-order valence-corrected chi connectivity index (χ2v) is 6.91. The summed E-state index contributed by atoms with van der Waals surface area (Å²) in [6, 6.07) is 5.19. The fourth-order valence-electron chi connectivity index (χ4n) is 2.57. The highest BCUT2D eigenvalue weighted by Gasteiger charge is 2.29. The van der Waals surface area contributed by atoms with E-state index in [1.807, 2.05) is 0 Å². The molecule has 0 spiro atoms. The van der Waals surface area contributed by atoms with Gasteiger partial charge in [0.2, 0.25) is 11.8 Å². The van der Waals surface area contributed by atoms with Gasteiger partial charge >= 0.3 is 0 Å². The lowest BCUT2D eigenvalue weighted by molar-refractivity contribution is -0.129. The number of nitrogens with one attached hydrogen (secondary N) is 1. The Hall–Kier alpha value is -1.52. The molecule has 1 aromatic carbocycles. The quantitative estimate of drug-likeness (QED) is 0.881. The summed E-state index contributed by atoms with van der Waals surface area (Å²) in [6.07, 6.45) is 4.94. The Kier molecular flexibility index (Phi) is 4.93. The zero-order valence-corrected chi connectivity index (χ0v) is 14.2. The van der Waals surface area contributed by atoms with Gasteiger partial charge in [0.1, 0.15) is 0 Å². The largest absolute Gasteiger partial charge is 0.348 e. The zero-order chi connectivity index (χ0) is 16.4. The Labute approximate surface area is 145 Å². The third-order valence-electron chi connectivity index (χ3n) is 4.14. The van der Waals surface area contributed by atoms with Gasteiger partial charge in [0.05, 0.1) is 0 Å². The van der Waals surface area contributed by atoms with Crippen LogP contribution in [0.4, 0.5) is 0 Å². The molecular formula is C17H18Cl2N2O2. The van der Waals surface area contributed by atoms with Gasteiger partial charge in [-0.15, -0.1) is 0 Å². The first-order chi connectivity index (χ1) is 11.0. The number of carbonyl (C=O) groups is 2. The SMILES string of the molecule is O=C(NCc1ccc(Cl)cc1Cl)C1=CN(CC2CC2)C(=O)CC1. The molecule has 122 valence electrons. The van der Waals surface area contributed by atoms with Crippen LogP contribution in [0.3, 0.4) is 0 Å². The van der Waals surface area contributed by atoms with Crippen LogP contribution < -0.4 is 5.32 Å². The van der Waals surface area contributed by atoms with Crippen molar-refractivity contribution in [1.29, 1.82) is 0 Å². The van der Waals surface area contributed by atoms with E-state index < -0.39 is 0 Å². The molecule has 0 bridgehead atoms. The van der Waals surface area contributed by atoms with Crippen molar-refractivity contribution in [2.75, 3.05) is 6.54 Å². The van der Waals surface area contributed by atoms with E-state index in [0.29, 0.717) is 40.9 Å². The zero-order valence-electron chi connectivity index (χ0n) is 12.6. The van der Waals surface area contributed by atoms with Crippen molar-refractivity contribution in [2.24, 2.45) is 5.92 Å². The highest BCUT2D eigenvalue weighted by molar-refractivity contribution is 6.35. The molecule has 0 atom stereocenters. The summed E-state index contributed by atoms with van der Waals surface area (Å²) >= 11 is 12.0. The summed E-state index contributed by atoms with van der Waals surface area (Å²) in [5.74, 6) is 0.559. The molecule has 1 aromatic rings. The van der Waals surface area contributed by atoms with Crippen molar-refractivity contribution in [2.45, 2.75) is 32.2 Å². The lowest BCUT2D eigenvalue weighted by Gasteiger charge is -2.24. The Bertz CT molecular complexity index is 669. The van der Waals surface area contributed by atoms with E-state index in [2.05, 4.69) is 5.32 Å².